The van der Waals surface area contributed by atoms with Gasteiger partial charge in [0.15, 0.2) is 9.84 Å². The molecule has 0 aliphatic heterocycles. The van der Waals surface area contributed by atoms with Gasteiger partial charge in [0, 0.05) is 6.26 Å². The molecule has 0 heterocycles. The van der Waals surface area contributed by atoms with E-state index in [1.54, 1.807) is 46.9 Å². The molecule has 0 radical (unpaired) electrons. The highest BCUT2D eigenvalue weighted by atomic mass is 127. The van der Waals surface area contributed by atoms with Crippen LogP contribution in [0.1, 0.15) is 11.7 Å². The van der Waals surface area contributed by atoms with E-state index in [1.807, 2.05) is 6.07 Å². The summed E-state index contributed by atoms with van der Waals surface area (Å²) < 4.78 is 21.6. The van der Waals surface area contributed by atoms with Crippen LogP contribution in [0, 0.1) is 0 Å². The van der Waals surface area contributed by atoms with Gasteiger partial charge in [-0.1, -0.05) is 52.9 Å². The van der Waals surface area contributed by atoms with Crippen LogP contribution >= 0.6 is 22.6 Å². The third-order valence-corrected chi connectivity index (χ3v) is 6.33. The molecule has 5 heteroatoms. The number of sulfone groups is 1. The van der Waals surface area contributed by atoms with Crippen LogP contribution in [0.4, 0.5) is 0 Å². The van der Waals surface area contributed by atoms with Gasteiger partial charge >= 0.3 is 0 Å². The predicted molar refractivity (Wildman–Crippen MR) is 64.1 cm³/mol. The van der Waals surface area contributed by atoms with Crippen LogP contribution in [0.5, 0.6) is 0 Å². The van der Waals surface area contributed by atoms with Crippen molar-refractivity contribution in [2.75, 3.05) is 6.26 Å². The van der Waals surface area contributed by atoms with Crippen molar-refractivity contribution in [3.8, 4) is 0 Å². The maximum atomic E-state index is 11.2. The Morgan fingerprint density at radius 3 is 2.21 bits per heavy atom. The molecule has 1 aromatic rings. The summed E-state index contributed by atoms with van der Waals surface area (Å²) in [4.78, 5) is 0. The fourth-order valence-electron chi connectivity index (χ4n) is 1.04. The molecule has 1 N–H and O–H groups in total. The highest BCUT2D eigenvalue weighted by molar-refractivity contribution is 14.1. The van der Waals surface area contributed by atoms with Crippen LogP contribution in [-0.4, -0.2) is 23.0 Å². The van der Waals surface area contributed by atoms with Crippen molar-refractivity contribution in [3.05, 3.63) is 35.9 Å². The first kappa shape index (κ1) is 11.9. The lowest BCUT2D eigenvalue weighted by molar-refractivity contribution is 0.197. The van der Waals surface area contributed by atoms with Gasteiger partial charge in [-0.15, -0.1) is 0 Å². The number of halogens is 1. The Labute approximate surface area is 97.2 Å². The molecule has 0 spiro atoms. The van der Waals surface area contributed by atoms with E-state index in [1.165, 1.54) is 0 Å². The van der Waals surface area contributed by atoms with Crippen molar-refractivity contribution in [3.63, 3.8) is 0 Å². The van der Waals surface area contributed by atoms with Gasteiger partial charge in [-0.2, -0.15) is 0 Å². The number of aliphatic hydroxyl groups excluding tert-OH is 1. The van der Waals surface area contributed by atoms with Crippen LogP contribution in [0.2, 0.25) is 0 Å². The molecule has 1 aromatic carbocycles. The summed E-state index contributed by atoms with van der Waals surface area (Å²) in [5, 5.41) is 9.74. The molecular formula is C9H11IO3S. The van der Waals surface area contributed by atoms with E-state index >= 15 is 0 Å². The van der Waals surface area contributed by atoms with Gasteiger partial charge in [-0.05, 0) is 5.56 Å². The topological polar surface area (TPSA) is 54.4 Å². The average Bonchev–Trinajstić information content (AvgIpc) is 2.15. The molecule has 0 saturated carbocycles. The summed E-state index contributed by atoms with van der Waals surface area (Å²) in [6, 6.07) is 8.77. The van der Waals surface area contributed by atoms with Gasteiger partial charge in [0.1, 0.15) is 9.36 Å². The molecule has 3 nitrogen and oxygen atoms in total. The van der Waals surface area contributed by atoms with Crippen molar-refractivity contribution in [2.24, 2.45) is 0 Å². The summed E-state index contributed by atoms with van der Waals surface area (Å²) in [5.74, 6) is 0. The molecule has 0 saturated heterocycles. The molecule has 78 valence electrons. The second kappa shape index (κ2) is 4.59. The van der Waals surface area contributed by atoms with Crippen molar-refractivity contribution < 1.29 is 13.5 Å². The zero-order chi connectivity index (χ0) is 10.8. The van der Waals surface area contributed by atoms with Crippen LogP contribution in [0.15, 0.2) is 30.3 Å². The van der Waals surface area contributed by atoms with Crippen molar-refractivity contribution in [2.45, 2.75) is 9.36 Å². The molecule has 14 heavy (non-hydrogen) atoms. The smallest absolute Gasteiger partial charge is 0.162 e. The first-order chi connectivity index (χ1) is 6.43. The Hall–Kier alpha value is -0.140. The van der Waals surface area contributed by atoms with E-state index in [-0.39, 0.29) is 0 Å². The second-order valence-corrected chi connectivity index (χ2v) is 7.39. The minimum Gasteiger partial charge on any atom is -0.386 e. The molecule has 1 rings (SSSR count). The van der Waals surface area contributed by atoms with E-state index in [9.17, 15) is 13.5 Å². The van der Waals surface area contributed by atoms with Crippen LogP contribution in [-0.2, 0) is 9.84 Å². The molecule has 0 aliphatic rings. The Balaban J connectivity index is 2.92. The summed E-state index contributed by atoms with van der Waals surface area (Å²) in [6.45, 7) is 0. The summed E-state index contributed by atoms with van der Waals surface area (Å²) >= 11 is 1.74. The maximum absolute atomic E-state index is 11.2. The minimum absolute atomic E-state index is 0.623. The van der Waals surface area contributed by atoms with Gasteiger partial charge in [0.2, 0.25) is 0 Å². The Morgan fingerprint density at radius 1 is 1.29 bits per heavy atom. The molecule has 0 aliphatic carbocycles. The zero-order valence-electron chi connectivity index (χ0n) is 7.59. The summed E-state index contributed by atoms with van der Waals surface area (Å²) in [5.41, 5.74) is 0.623. The molecule has 0 fully saturated rings. The van der Waals surface area contributed by atoms with Crippen molar-refractivity contribution in [1.29, 1.82) is 0 Å². The van der Waals surface area contributed by atoms with Gasteiger partial charge in [0.05, 0.1) is 0 Å². The normalized spacial score (nSPS) is 16.2. The lowest BCUT2D eigenvalue weighted by Crippen LogP contribution is -2.21. The largest absolute Gasteiger partial charge is 0.386 e. The molecular weight excluding hydrogens is 315 g/mol. The quantitative estimate of drug-likeness (QED) is 0.677. The van der Waals surface area contributed by atoms with E-state index in [0.29, 0.717) is 5.56 Å². The first-order valence-corrected chi connectivity index (χ1v) is 7.19. The molecule has 2 atom stereocenters. The first-order valence-electron chi connectivity index (χ1n) is 3.99. The summed E-state index contributed by atoms with van der Waals surface area (Å²) in [7, 11) is -3.21. The van der Waals surface area contributed by atoms with E-state index in [2.05, 4.69) is 0 Å². The molecule has 0 bridgehead atoms. The number of hydrogen-bond donors (Lipinski definition) is 1. The van der Waals surface area contributed by atoms with E-state index < -0.39 is 19.2 Å². The maximum Gasteiger partial charge on any atom is 0.162 e. The third kappa shape index (κ3) is 2.93. The Bertz CT molecular complexity index is 388. The minimum atomic E-state index is -3.21. The standard InChI is InChI=1S/C9H11IO3S/c1-14(12,13)9(10)8(11)7-5-3-2-4-6-7/h2-6,8-9,11H,1H3/t8-,9+/m0/s1. The van der Waals surface area contributed by atoms with Gasteiger partial charge in [0.25, 0.3) is 0 Å². The number of aliphatic hydroxyl groups is 1. The Morgan fingerprint density at radius 2 is 1.79 bits per heavy atom. The van der Waals surface area contributed by atoms with E-state index in [4.69, 9.17) is 0 Å². The monoisotopic (exact) mass is 326 g/mol. The number of alkyl halides is 1. The fourth-order valence-corrected chi connectivity index (χ4v) is 2.08. The van der Waals surface area contributed by atoms with Crippen LogP contribution in [0.3, 0.4) is 0 Å². The SMILES string of the molecule is CS(=O)(=O)[C@@H](I)[C@@H](O)c1ccccc1. The number of hydrogen-bond acceptors (Lipinski definition) is 3. The van der Waals surface area contributed by atoms with Gasteiger partial charge in [-0.3, -0.25) is 0 Å². The molecule has 0 aromatic heterocycles. The highest BCUT2D eigenvalue weighted by Crippen LogP contribution is 2.26. The number of rotatable bonds is 3. The van der Waals surface area contributed by atoms with Gasteiger partial charge < -0.3 is 5.11 Å². The number of benzene rings is 1. The highest BCUT2D eigenvalue weighted by Gasteiger charge is 2.26. The lowest BCUT2D eigenvalue weighted by Gasteiger charge is -2.15. The lowest BCUT2D eigenvalue weighted by atomic mass is 10.1. The second-order valence-electron chi connectivity index (χ2n) is 3.04. The predicted octanol–water partition coefficient (Wildman–Crippen LogP) is 1.53. The third-order valence-electron chi connectivity index (χ3n) is 1.80. The average molecular weight is 326 g/mol. The van der Waals surface area contributed by atoms with E-state index in [0.717, 1.165) is 6.26 Å². The fraction of sp³-hybridized carbons (Fsp3) is 0.333. The van der Waals surface area contributed by atoms with Crippen molar-refractivity contribution >= 4 is 32.4 Å². The molecule has 0 amide bonds. The summed E-state index contributed by atoms with van der Waals surface area (Å²) in [6.07, 6.45) is 0.155. The molecule has 0 unspecified atom stereocenters. The van der Waals surface area contributed by atoms with Gasteiger partial charge in [-0.25, -0.2) is 8.42 Å². The Kier molecular flexibility index (Phi) is 3.91. The van der Waals surface area contributed by atoms with Crippen molar-refractivity contribution in [1.82, 2.24) is 0 Å². The zero-order valence-corrected chi connectivity index (χ0v) is 10.6. The van der Waals surface area contributed by atoms with Crippen LogP contribution < -0.4 is 0 Å². The van der Waals surface area contributed by atoms with Crippen LogP contribution in [0.25, 0.3) is 0 Å².